The van der Waals surface area contributed by atoms with E-state index in [-0.39, 0.29) is 22.7 Å². The molecule has 0 radical (unpaired) electrons. The summed E-state index contributed by atoms with van der Waals surface area (Å²) in [6.45, 7) is 3.77. The van der Waals surface area contributed by atoms with Crippen LogP contribution in [0.2, 0.25) is 0 Å². The van der Waals surface area contributed by atoms with Crippen LogP contribution in [-0.2, 0) is 10.3 Å². The first-order valence-electron chi connectivity index (χ1n) is 7.84. The Labute approximate surface area is 150 Å². The van der Waals surface area contributed by atoms with Crippen LogP contribution >= 0.6 is 12.2 Å². The van der Waals surface area contributed by atoms with E-state index in [0.29, 0.717) is 0 Å². The number of halogens is 3. The predicted molar refractivity (Wildman–Crippen MR) is 93.9 cm³/mol. The summed E-state index contributed by atoms with van der Waals surface area (Å²) in [6.07, 6.45) is -1.26. The molecule has 138 valence electrons. The third kappa shape index (κ3) is 4.23. The average Bonchev–Trinajstić information content (AvgIpc) is 2.48. The van der Waals surface area contributed by atoms with Crippen LogP contribution in [0.25, 0.3) is 0 Å². The summed E-state index contributed by atoms with van der Waals surface area (Å²) in [5.74, 6) is -3.32. The number of amides is 1. The van der Waals surface area contributed by atoms with E-state index in [9.17, 15) is 18.0 Å². The highest BCUT2D eigenvalue weighted by Gasteiger charge is 2.57. The predicted octanol–water partition coefficient (Wildman–Crippen LogP) is 4.54. The number of carbonyl (C=O) groups excluding carboxylic acids is 1. The molecule has 4 nitrogen and oxygen atoms in total. The van der Waals surface area contributed by atoms with Crippen molar-refractivity contribution in [2.75, 3.05) is 12.0 Å². The number of nitrogens with one attached hydrogen (secondary N) is 2. The van der Waals surface area contributed by atoms with Crippen LogP contribution in [0.5, 0.6) is 0 Å². The number of thiocarbonyl (C=S) groups is 1. The quantitative estimate of drug-likeness (QED) is 0.763. The molecule has 1 aliphatic rings. The van der Waals surface area contributed by atoms with Gasteiger partial charge >= 0.3 is 6.09 Å². The molecular weight excluding hydrogens is 353 g/mol. The molecule has 0 aliphatic carbocycles. The van der Waals surface area contributed by atoms with Crippen LogP contribution in [-0.4, -0.2) is 29.3 Å². The van der Waals surface area contributed by atoms with E-state index < -0.39 is 36.3 Å². The van der Waals surface area contributed by atoms with E-state index >= 15 is 0 Å². The molecule has 1 aliphatic heterocycles. The maximum absolute atomic E-state index is 14.5. The summed E-state index contributed by atoms with van der Waals surface area (Å²) < 4.78 is 48.0. The second kappa shape index (κ2) is 6.82. The number of hydrogen-bond acceptors (Lipinski definition) is 3. The van der Waals surface area contributed by atoms with Crippen LogP contribution in [0.15, 0.2) is 24.3 Å². The lowest BCUT2D eigenvalue weighted by Crippen LogP contribution is -2.62. The zero-order valence-corrected chi connectivity index (χ0v) is 15.1. The van der Waals surface area contributed by atoms with Crippen LogP contribution in [0, 0.1) is 0 Å². The Kier molecular flexibility index (Phi) is 5.32. The molecule has 0 unspecified atom stereocenters. The van der Waals surface area contributed by atoms with Crippen LogP contribution in [0.1, 0.15) is 39.2 Å². The van der Waals surface area contributed by atoms with Crippen molar-refractivity contribution in [2.24, 2.45) is 0 Å². The second-order valence-electron chi connectivity index (χ2n) is 7.00. The van der Waals surface area contributed by atoms with Crippen molar-refractivity contribution in [3.8, 4) is 0 Å². The van der Waals surface area contributed by atoms with E-state index in [4.69, 9.17) is 17.0 Å². The Hall–Kier alpha value is -1.83. The Morgan fingerprint density at radius 1 is 1.40 bits per heavy atom. The van der Waals surface area contributed by atoms with Gasteiger partial charge in [-0.15, -0.1) is 0 Å². The molecule has 2 rings (SSSR count). The van der Waals surface area contributed by atoms with Gasteiger partial charge < -0.3 is 10.1 Å². The Morgan fingerprint density at radius 3 is 2.68 bits per heavy atom. The second-order valence-corrected chi connectivity index (χ2v) is 7.49. The van der Waals surface area contributed by atoms with Gasteiger partial charge in [-0.1, -0.05) is 24.4 Å². The van der Waals surface area contributed by atoms with E-state index in [1.54, 1.807) is 20.8 Å². The van der Waals surface area contributed by atoms with Gasteiger partial charge in [-0.3, -0.25) is 5.32 Å². The fourth-order valence-electron chi connectivity index (χ4n) is 2.65. The lowest BCUT2D eigenvalue weighted by Gasteiger charge is -2.44. The molecule has 8 heteroatoms. The van der Waals surface area contributed by atoms with Gasteiger partial charge in [0.1, 0.15) is 12.3 Å². The Balaban J connectivity index is 2.32. The minimum Gasteiger partial charge on any atom is -0.444 e. The fraction of sp³-hybridized carbons (Fsp3) is 0.529. The molecule has 0 spiro atoms. The van der Waals surface area contributed by atoms with Gasteiger partial charge in [-0.2, -0.15) is 0 Å². The zero-order valence-electron chi connectivity index (χ0n) is 14.3. The molecule has 1 heterocycles. The van der Waals surface area contributed by atoms with Gasteiger partial charge in [0.15, 0.2) is 5.54 Å². The molecule has 0 aromatic heterocycles. The maximum atomic E-state index is 14.5. The van der Waals surface area contributed by atoms with Crippen LogP contribution < -0.4 is 10.6 Å². The number of anilines is 1. The summed E-state index contributed by atoms with van der Waals surface area (Å²) in [4.78, 5) is 12.0. The van der Waals surface area contributed by atoms with E-state index in [1.807, 2.05) is 0 Å². The molecular formula is C17H21F3N2O2S. The van der Waals surface area contributed by atoms with Crippen LogP contribution in [0.4, 0.5) is 23.7 Å². The van der Waals surface area contributed by atoms with Gasteiger partial charge in [0.25, 0.3) is 5.92 Å². The first kappa shape index (κ1) is 19.5. The Morgan fingerprint density at radius 2 is 2.08 bits per heavy atom. The molecule has 1 aromatic carbocycles. The Bertz CT molecular complexity index is 676. The summed E-state index contributed by atoms with van der Waals surface area (Å²) in [5, 5.41) is 4.94. The summed E-state index contributed by atoms with van der Waals surface area (Å²) in [5.41, 5.74) is -2.70. The highest BCUT2D eigenvalue weighted by atomic mass is 32.1. The van der Waals surface area contributed by atoms with Gasteiger partial charge in [-0.05, 0) is 38.5 Å². The monoisotopic (exact) mass is 374 g/mol. The van der Waals surface area contributed by atoms with Gasteiger partial charge in [0.05, 0.1) is 4.99 Å². The maximum Gasteiger partial charge on any atom is 0.412 e. The molecule has 1 fully saturated rings. The number of alkyl halides is 3. The van der Waals surface area contributed by atoms with Gasteiger partial charge in [-0.25, -0.2) is 18.0 Å². The number of benzene rings is 1. The van der Waals surface area contributed by atoms with Gasteiger partial charge in [0, 0.05) is 18.5 Å². The third-order valence-corrected chi connectivity index (χ3v) is 4.15. The molecule has 25 heavy (non-hydrogen) atoms. The van der Waals surface area contributed by atoms with E-state index in [1.165, 1.54) is 24.3 Å². The summed E-state index contributed by atoms with van der Waals surface area (Å²) >= 11 is 4.99. The largest absolute Gasteiger partial charge is 0.444 e. The molecule has 1 atom stereocenters. The average molecular weight is 374 g/mol. The number of hydrogen-bond donors (Lipinski definition) is 2. The first-order valence-corrected chi connectivity index (χ1v) is 8.25. The molecule has 1 amide bonds. The van der Waals surface area contributed by atoms with Crippen molar-refractivity contribution in [3.05, 3.63) is 29.8 Å². The lowest BCUT2D eigenvalue weighted by atomic mass is 9.79. The number of ether oxygens (including phenoxy) is 1. The molecule has 2 N–H and O–H groups in total. The highest BCUT2D eigenvalue weighted by Crippen LogP contribution is 2.44. The smallest absolute Gasteiger partial charge is 0.412 e. The summed E-state index contributed by atoms with van der Waals surface area (Å²) in [6, 6.07) is 5.67. The van der Waals surface area contributed by atoms with Crippen molar-refractivity contribution < 1.29 is 22.7 Å². The number of carbonyl (C=O) groups is 1. The lowest BCUT2D eigenvalue weighted by molar-refractivity contribution is -0.107. The topological polar surface area (TPSA) is 50.4 Å². The fourth-order valence-corrected chi connectivity index (χ4v) is 2.93. The van der Waals surface area contributed by atoms with Crippen molar-refractivity contribution in [1.82, 2.24) is 5.32 Å². The molecule has 1 aromatic rings. The van der Waals surface area contributed by atoms with Crippen molar-refractivity contribution >= 4 is 29.0 Å². The minimum atomic E-state index is -3.32. The van der Waals surface area contributed by atoms with Gasteiger partial charge in [0.2, 0.25) is 0 Å². The first-order chi connectivity index (χ1) is 11.5. The van der Waals surface area contributed by atoms with Crippen molar-refractivity contribution in [3.63, 3.8) is 0 Å². The normalized spacial score (nSPS) is 22.9. The molecule has 0 bridgehead atoms. The standard InChI is InChI=1S/C17H21F3N2O2S/c1-15(2,3)24-14(23)21-12-6-4-5-11(9-12)16(10-18)17(19,20)8-7-13(25)22-16/h4-6,9H,7-8,10H2,1-3H3,(H,21,23)(H,22,25)/t16-/m1/s1. The van der Waals surface area contributed by atoms with Crippen LogP contribution in [0.3, 0.4) is 0 Å². The van der Waals surface area contributed by atoms with E-state index in [0.717, 1.165) is 0 Å². The number of rotatable bonds is 3. The van der Waals surface area contributed by atoms with E-state index in [2.05, 4.69) is 10.6 Å². The zero-order chi connectivity index (χ0) is 18.9. The minimum absolute atomic E-state index is 0.0000668. The molecule has 0 saturated carbocycles. The van der Waals surface area contributed by atoms with Crippen molar-refractivity contribution in [1.29, 1.82) is 0 Å². The number of piperidine rings is 1. The summed E-state index contributed by atoms with van der Waals surface area (Å²) in [7, 11) is 0. The van der Waals surface area contributed by atoms with Crippen molar-refractivity contribution in [2.45, 2.75) is 50.7 Å². The third-order valence-electron chi connectivity index (χ3n) is 3.84. The highest BCUT2D eigenvalue weighted by molar-refractivity contribution is 7.80. The SMILES string of the molecule is CC(C)(C)OC(=O)Nc1cccc([C@@]2(CF)NC(=S)CCC2(F)F)c1. The molecule has 1 saturated heterocycles.